The van der Waals surface area contributed by atoms with E-state index in [0.717, 1.165) is 51.4 Å². The summed E-state index contributed by atoms with van der Waals surface area (Å²) in [5.74, 6) is -1.31. The highest BCUT2D eigenvalue weighted by molar-refractivity contribution is 7.87. The number of halogens is 2. The van der Waals surface area contributed by atoms with Crippen LogP contribution in [0.25, 0.3) is 0 Å². The van der Waals surface area contributed by atoms with Gasteiger partial charge < -0.3 is 4.74 Å². The minimum absolute atomic E-state index is 0.228. The van der Waals surface area contributed by atoms with Gasteiger partial charge in [-0.3, -0.25) is 4.55 Å². The second-order valence-corrected chi connectivity index (χ2v) is 10.3. The van der Waals surface area contributed by atoms with Crippen LogP contribution >= 0.6 is 0 Å². The fraction of sp³-hybridized carbons (Fsp3) is 0.667. The van der Waals surface area contributed by atoms with Crippen molar-refractivity contribution in [1.29, 1.82) is 0 Å². The van der Waals surface area contributed by atoms with Crippen LogP contribution in [0.1, 0.15) is 56.1 Å². The van der Waals surface area contributed by atoms with Gasteiger partial charge in [0.25, 0.3) is 0 Å². The van der Waals surface area contributed by atoms with Crippen LogP contribution in [-0.2, 0) is 26.1 Å². The van der Waals surface area contributed by atoms with Crippen molar-refractivity contribution in [2.45, 2.75) is 63.5 Å². The third-order valence-corrected chi connectivity index (χ3v) is 7.28. The highest BCUT2D eigenvalue weighted by Gasteiger charge is 2.55. The minimum atomic E-state index is -5.84. The molecule has 29 heavy (non-hydrogen) atoms. The summed E-state index contributed by atoms with van der Waals surface area (Å²) in [5.41, 5.74) is 2.09. The number of hydrogen-bond donors (Lipinski definition) is 1. The van der Waals surface area contributed by atoms with Gasteiger partial charge >= 0.3 is 21.3 Å². The monoisotopic (exact) mass is 430 g/mol. The predicted molar refractivity (Wildman–Crippen MR) is 104 cm³/mol. The quantitative estimate of drug-likeness (QED) is 0.507. The number of hydrogen-bond acceptors (Lipinski definition) is 4. The molecule has 0 aliphatic heterocycles. The summed E-state index contributed by atoms with van der Waals surface area (Å²) in [7, 11) is -5.84. The molecule has 3 unspecified atom stereocenters. The molecule has 2 saturated carbocycles. The second-order valence-electron chi connectivity index (χ2n) is 8.86. The SMILES string of the molecule is Cc1ccc(CCC2CC3CCCC(COC(=O)C(F)(F)S(=O)(=O)O)(C3)C2)cc1. The van der Waals surface area contributed by atoms with Crippen molar-refractivity contribution in [1.82, 2.24) is 0 Å². The van der Waals surface area contributed by atoms with Gasteiger partial charge in [0.1, 0.15) is 0 Å². The van der Waals surface area contributed by atoms with Crippen molar-refractivity contribution in [2.75, 3.05) is 6.61 Å². The van der Waals surface area contributed by atoms with Gasteiger partial charge in [0.15, 0.2) is 0 Å². The number of carbonyl (C=O) groups is 1. The lowest BCUT2D eigenvalue weighted by Gasteiger charge is -2.48. The van der Waals surface area contributed by atoms with E-state index in [1.54, 1.807) is 0 Å². The number of benzene rings is 1. The molecule has 0 amide bonds. The van der Waals surface area contributed by atoms with Gasteiger partial charge in [0.2, 0.25) is 0 Å². The molecule has 2 aliphatic carbocycles. The molecule has 0 aromatic heterocycles. The van der Waals surface area contributed by atoms with Crippen LogP contribution in [0.4, 0.5) is 8.78 Å². The van der Waals surface area contributed by atoms with Gasteiger partial charge in [-0.2, -0.15) is 17.2 Å². The van der Waals surface area contributed by atoms with E-state index in [0.29, 0.717) is 11.8 Å². The fourth-order valence-electron chi connectivity index (χ4n) is 5.08. The molecule has 2 bridgehead atoms. The average Bonchev–Trinajstić information content (AvgIpc) is 2.64. The van der Waals surface area contributed by atoms with Crippen molar-refractivity contribution in [3.05, 3.63) is 35.4 Å². The Morgan fingerprint density at radius 2 is 1.97 bits per heavy atom. The summed E-state index contributed by atoms with van der Waals surface area (Å²) < 4.78 is 61.8. The zero-order chi connectivity index (χ0) is 21.3. The van der Waals surface area contributed by atoms with Gasteiger partial charge in [0, 0.05) is 5.41 Å². The Morgan fingerprint density at radius 1 is 1.28 bits per heavy atom. The van der Waals surface area contributed by atoms with Crippen LogP contribution in [0.3, 0.4) is 0 Å². The van der Waals surface area contributed by atoms with Crippen molar-refractivity contribution in [2.24, 2.45) is 17.3 Å². The largest absolute Gasteiger partial charge is 0.465 e. The van der Waals surface area contributed by atoms with Gasteiger partial charge in [0.05, 0.1) is 6.61 Å². The summed E-state index contributed by atoms with van der Waals surface area (Å²) >= 11 is 0. The predicted octanol–water partition coefficient (Wildman–Crippen LogP) is 4.54. The van der Waals surface area contributed by atoms with E-state index in [4.69, 9.17) is 9.29 Å². The fourth-order valence-corrected chi connectivity index (χ4v) is 5.35. The molecule has 8 heteroatoms. The number of aryl methyl sites for hydroxylation is 2. The van der Waals surface area contributed by atoms with Gasteiger partial charge in [-0.15, -0.1) is 0 Å². The van der Waals surface area contributed by atoms with E-state index >= 15 is 0 Å². The molecule has 3 atom stereocenters. The summed E-state index contributed by atoms with van der Waals surface area (Å²) in [4.78, 5) is 11.6. The molecular formula is C21H28F2O5S. The Kier molecular flexibility index (Phi) is 6.34. The smallest absolute Gasteiger partial charge is 0.460 e. The van der Waals surface area contributed by atoms with Gasteiger partial charge in [-0.05, 0) is 62.8 Å². The standard InChI is InChI=1S/C21H28F2O5S/c1-15-4-6-16(7-5-15)8-9-18-11-17-3-2-10-20(12-17,13-18)14-28-19(24)21(22,23)29(25,26)27/h4-7,17-18H,2-3,8-14H2,1H3,(H,25,26,27). The lowest BCUT2D eigenvalue weighted by atomic mass is 9.58. The molecule has 1 aromatic rings. The Hall–Kier alpha value is -1.54. The third-order valence-electron chi connectivity index (χ3n) is 6.46. The molecular weight excluding hydrogens is 402 g/mol. The molecule has 2 fully saturated rings. The molecule has 0 radical (unpaired) electrons. The lowest BCUT2D eigenvalue weighted by Crippen LogP contribution is -2.44. The molecule has 3 rings (SSSR count). The molecule has 1 aromatic carbocycles. The van der Waals surface area contributed by atoms with Crippen LogP contribution in [0.5, 0.6) is 0 Å². The van der Waals surface area contributed by atoms with E-state index in [1.165, 1.54) is 11.1 Å². The summed E-state index contributed by atoms with van der Waals surface area (Å²) in [6.45, 7) is 1.82. The molecule has 0 heterocycles. The Bertz CT molecular complexity index is 837. The molecule has 0 saturated heterocycles. The van der Waals surface area contributed by atoms with Crippen molar-refractivity contribution < 1.29 is 31.3 Å². The summed E-state index contributed by atoms with van der Waals surface area (Å²) in [5, 5.41) is -4.93. The molecule has 162 valence electrons. The highest BCUT2D eigenvalue weighted by atomic mass is 32.2. The van der Waals surface area contributed by atoms with E-state index in [1.807, 2.05) is 6.92 Å². The first kappa shape index (κ1) is 22.2. The number of fused-ring (bicyclic) bond motifs is 2. The van der Waals surface area contributed by atoms with Crippen LogP contribution < -0.4 is 0 Å². The maximum absolute atomic E-state index is 13.5. The minimum Gasteiger partial charge on any atom is -0.460 e. The van der Waals surface area contributed by atoms with E-state index in [9.17, 15) is 22.0 Å². The first-order valence-electron chi connectivity index (χ1n) is 10.1. The van der Waals surface area contributed by atoms with Crippen LogP contribution in [0, 0.1) is 24.2 Å². The Morgan fingerprint density at radius 3 is 2.62 bits per heavy atom. The lowest BCUT2D eigenvalue weighted by molar-refractivity contribution is -0.168. The maximum atomic E-state index is 13.5. The molecule has 1 N–H and O–H groups in total. The van der Waals surface area contributed by atoms with E-state index in [-0.39, 0.29) is 12.0 Å². The van der Waals surface area contributed by atoms with Crippen LogP contribution in [0.2, 0.25) is 0 Å². The molecule has 0 spiro atoms. The third kappa shape index (κ3) is 5.15. The first-order chi connectivity index (χ1) is 13.5. The van der Waals surface area contributed by atoms with Crippen molar-refractivity contribution in [3.63, 3.8) is 0 Å². The Labute approximate surface area is 170 Å². The number of ether oxygens (including phenoxy) is 1. The molecule has 5 nitrogen and oxygen atoms in total. The topological polar surface area (TPSA) is 80.7 Å². The van der Waals surface area contributed by atoms with Crippen molar-refractivity contribution >= 4 is 16.1 Å². The van der Waals surface area contributed by atoms with Crippen LogP contribution in [-0.4, -0.2) is 30.8 Å². The number of alkyl halides is 2. The number of carbonyl (C=O) groups excluding carboxylic acids is 1. The number of esters is 1. The van der Waals surface area contributed by atoms with Crippen LogP contribution in [0.15, 0.2) is 24.3 Å². The maximum Gasteiger partial charge on any atom is 0.465 e. The summed E-state index contributed by atoms with van der Waals surface area (Å²) in [6, 6.07) is 8.41. The summed E-state index contributed by atoms with van der Waals surface area (Å²) in [6.07, 6.45) is 7.39. The average molecular weight is 431 g/mol. The highest BCUT2D eigenvalue weighted by Crippen LogP contribution is 2.52. The normalized spacial score (nSPS) is 27.4. The van der Waals surface area contributed by atoms with Gasteiger partial charge in [-0.1, -0.05) is 42.7 Å². The van der Waals surface area contributed by atoms with Crippen molar-refractivity contribution in [3.8, 4) is 0 Å². The van der Waals surface area contributed by atoms with Gasteiger partial charge in [-0.25, -0.2) is 4.79 Å². The van der Waals surface area contributed by atoms with E-state index < -0.39 is 21.3 Å². The Balaban J connectivity index is 1.62. The number of rotatable bonds is 7. The second kappa shape index (κ2) is 8.30. The zero-order valence-electron chi connectivity index (χ0n) is 16.6. The zero-order valence-corrected chi connectivity index (χ0v) is 17.4. The molecule has 2 aliphatic rings. The van der Waals surface area contributed by atoms with E-state index in [2.05, 4.69) is 24.3 Å². The first-order valence-corrected chi connectivity index (χ1v) is 11.5.